The van der Waals surface area contributed by atoms with Crippen molar-refractivity contribution in [3.05, 3.63) is 90.0 Å². The summed E-state index contributed by atoms with van der Waals surface area (Å²) in [6.45, 7) is 4.08. The zero-order valence-corrected chi connectivity index (χ0v) is 21.6. The zero-order chi connectivity index (χ0) is 25.7. The van der Waals surface area contributed by atoms with Crippen LogP contribution < -0.4 is 19.1 Å². The molecule has 0 fully saturated rings. The summed E-state index contributed by atoms with van der Waals surface area (Å²) in [5.41, 5.74) is 2.06. The highest BCUT2D eigenvalue weighted by molar-refractivity contribution is 7.92. The van der Waals surface area contributed by atoms with Gasteiger partial charge in [-0.1, -0.05) is 68.4 Å². The highest BCUT2D eigenvalue weighted by atomic mass is 32.2. The van der Waals surface area contributed by atoms with Crippen molar-refractivity contribution < 1.29 is 22.7 Å². The number of nitrogens with zero attached hydrogens (tertiary/aromatic N) is 1. The molecule has 0 unspecified atom stereocenters. The molecule has 0 radical (unpaired) electrons. The van der Waals surface area contributed by atoms with E-state index >= 15 is 0 Å². The number of rotatable bonds is 9. The molecular formula is C28H32N2O5S. The van der Waals surface area contributed by atoms with E-state index < -0.39 is 16.1 Å². The van der Waals surface area contributed by atoms with Gasteiger partial charge in [0.1, 0.15) is 11.5 Å². The molecule has 1 heterocycles. The summed E-state index contributed by atoms with van der Waals surface area (Å²) in [7, 11) is -2.15. The first-order valence-corrected chi connectivity index (χ1v) is 13.6. The monoisotopic (exact) mass is 508 g/mol. The van der Waals surface area contributed by atoms with Crippen molar-refractivity contribution in [2.75, 3.05) is 18.0 Å². The van der Waals surface area contributed by atoms with Crippen LogP contribution in [-0.2, 0) is 20.6 Å². The number of hydrogen-bond acceptors (Lipinski definition) is 5. The van der Waals surface area contributed by atoms with Crippen LogP contribution in [0.1, 0.15) is 37.4 Å². The Bertz CT molecular complexity index is 1280. The van der Waals surface area contributed by atoms with Gasteiger partial charge in [-0.05, 0) is 47.7 Å². The van der Waals surface area contributed by atoms with Gasteiger partial charge in [-0.3, -0.25) is 9.10 Å². The first kappa shape index (κ1) is 25.6. The van der Waals surface area contributed by atoms with Crippen molar-refractivity contribution in [2.45, 2.75) is 38.2 Å². The van der Waals surface area contributed by atoms with E-state index in [0.717, 1.165) is 17.7 Å². The van der Waals surface area contributed by atoms with Crippen LogP contribution in [0.5, 0.6) is 11.5 Å². The predicted octanol–water partition coefficient (Wildman–Crippen LogP) is 4.70. The fourth-order valence-electron chi connectivity index (χ4n) is 4.32. The SMILES string of the molecule is COc1ccc([C@H](CC(C)C)NC(=O)[C@@H]2CN(S(=O)(=O)Cc3ccccc3)c3ccccc3O2)cc1. The number of carbonyl (C=O) groups excluding carboxylic acids is 1. The number of methoxy groups -OCH3 is 1. The Kier molecular flexibility index (Phi) is 7.84. The van der Waals surface area contributed by atoms with Gasteiger partial charge >= 0.3 is 0 Å². The minimum atomic E-state index is -3.76. The number of carbonyl (C=O) groups is 1. The van der Waals surface area contributed by atoms with Crippen molar-refractivity contribution >= 4 is 21.6 Å². The Hall–Kier alpha value is -3.52. The average Bonchev–Trinajstić information content (AvgIpc) is 2.87. The second-order valence-electron chi connectivity index (χ2n) is 9.31. The number of amides is 1. The lowest BCUT2D eigenvalue weighted by molar-refractivity contribution is -0.128. The van der Waals surface area contributed by atoms with Crippen LogP contribution >= 0.6 is 0 Å². The molecule has 1 aliphatic heterocycles. The number of hydrogen-bond donors (Lipinski definition) is 1. The molecule has 3 aromatic rings. The van der Waals surface area contributed by atoms with E-state index in [1.807, 2.05) is 42.5 Å². The molecule has 2 atom stereocenters. The van der Waals surface area contributed by atoms with Gasteiger partial charge in [0.05, 0.1) is 31.1 Å². The van der Waals surface area contributed by atoms with Crippen LogP contribution in [0.4, 0.5) is 5.69 Å². The first-order chi connectivity index (χ1) is 17.3. The Morgan fingerprint density at radius 1 is 1.03 bits per heavy atom. The summed E-state index contributed by atoms with van der Waals surface area (Å²) >= 11 is 0. The Labute approximate surface area is 213 Å². The summed E-state index contributed by atoms with van der Waals surface area (Å²) in [6, 6.07) is 23.3. The number of anilines is 1. The minimum Gasteiger partial charge on any atom is -0.497 e. The van der Waals surface area contributed by atoms with E-state index in [9.17, 15) is 13.2 Å². The lowest BCUT2D eigenvalue weighted by Crippen LogP contribution is -2.51. The summed E-state index contributed by atoms with van der Waals surface area (Å²) < 4.78 is 39.5. The van der Waals surface area contributed by atoms with Gasteiger partial charge in [0.2, 0.25) is 10.0 Å². The van der Waals surface area contributed by atoms with Crippen LogP contribution in [0.2, 0.25) is 0 Å². The fourth-order valence-corrected chi connectivity index (χ4v) is 5.90. The van der Waals surface area contributed by atoms with E-state index in [2.05, 4.69) is 19.2 Å². The smallest absolute Gasteiger partial charge is 0.263 e. The van der Waals surface area contributed by atoms with E-state index in [1.54, 1.807) is 43.5 Å². The highest BCUT2D eigenvalue weighted by Gasteiger charge is 2.37. The minimum absolute atomic E-state index is 0.102. The van der Waals surface area contributed by atoms with Crippen LogP contribution in [0.15, 0.2) is 78.9 Å². The molecule has 1 amide bonds. The molecule has 4 rings (SSSR count). The Balaban J connectivity index is 1.58. The summed E-state index contributed by atoms with van der Waals surface area (Å²) in [5.74, 6) is 0.905. The topological polar surface area (TPSA) is 84.9 Å². The number of sulfonamides is 1. The highest BCUT2D eigenvalue weighted by Crippen LogP contribution is 2.36. The van der Waals surface area contributed by atoms with Gasteiger partial charge in [0.25, 0.3) is 5.91 Å². The molecule has 0 saturated carbocycles. The van der Waals surface area contributed by atoms with E-state index in [0.29, 0.717) is 22.9 Å². The number of ether oxygens (including phenoxy) is 2. The Morgan fingerprint density at radius 3 is 2.36 bits per heavy atom. The molecule has 7 nitrogen and oxygen atoms in total. The molecule has 0 saturated heterocycles. The molecule has 1 N–H and O–H groups in total. The number of fused-ring (bicyclic) bond motifs is 1. The molecular weight excluding hydrogens is 476 g/mol. The van der Waals surface area contributed by atoms with Gasteiger partial charge < -0.3 is 14.8 Å². The van der Waals surface area contributed by atoms with E-state index in [-0.39, 0.29) is 24.2 Å². The zero-order valence-electron chi connectivity index (χ0n) is 20.8. The number of benzene rings is 3. The van der Waals surface area contributed by atoms with Gasteiger partial charge in [0.15, 0.2) is 6.10 Å². The van der Waals surface area contributed by atoms with E-state index in [4.69, 9.17) is 9.47 Å². The quantitative estimate of drug-likeness (QED) is 0.453. The standard InChI is InChI=1S/C28H32N2O5S/c1-20(2)17-24(22-13-15-23(34-3)16-14-22)29-28(31)27-18-30(25-11-7-8-12-26(25)35-27)36(32,33)19-21-9-5-4-6-10-21/h4-16,20,24,27H,17-19H2,1-3H3,(H,29,31)/t24-,27-/m0/s1. The molecule has 0 aliphatic carbocycles. The molecule has 0 bridgehead atoms. The largest absolute Gasteiger partial charge is 0.497 e. The lowest BCUT2D eigenvalue weighted by Gasteiger charge is -2.35. The summed E-state index contributed by atoms with van der Waals surface area (Å²) in [5, 5.41) is 3.10. The van der Waals surface area contributed by atoms with Crippen molar-refractivity contribution in [2.24, 2.45) is 5.92 Å². The Morgan fingerprint density at radius 2 is 1.69 bits per heavy atom. The van der Waals surface area contributed by atoms with Crippen LogP contribution in [0.25, 0.3) is 0 Å². The third-order valence-electron chi connectivity index (χ3n) is 6.10. The van der Waals surface area contributed by atoms with Crippen LogP contribution in [0.3, 0.4) is 0 Å². The molecule has 1 aliphatic rings. The van der Waals surface area contributed by atoms with Crippen molar-refractivity contribution in [1.29, 1.82) is 0 Å². The normalized spacial score (nSPS) is 16.1. The second kappa shape index (κ2) is 11.0. The van der Waals surface area contributed by atoms with Gasteiger partial charge in [-0.2, -0.15) is 0 Å². The van der Waals surface area contributed by atoms with Gasteiger partial charge in [-0.25, -0.2) is 8.42 Å². The van der Waals surface area contributed by atoms with Gasteiger partial charge in [0, 0.05) is 0 Å². The molecule has 8 heteroatoms. The van der Waals surface area contributed by atoms with Crippen molar-refractivity contribution in [3.63, 3.8) is 0 Å². The molecule has 0 spiro atoms. The van der Waals surface area contributed by atoms with E-state index in [1.165, 1.54) is 4.31 Å². The van der Waals surface area contributed by atoms with Crippen molar-refractivity contribution in [3.8, 4) is 11.5 Å². The number of nitrogens with one attached hydrogen (secondary N) is 1. The second-order valence-corrected chi connectivity index (χ2v) is 11.2. The average molecular weight is 509 g/mol. The van der Waals surface area contributed by atoms with Crippen LogP contribution in [0, 0.1) is 5.92 Å². The van der Waals surface area contributed by atoms with Crippen LogP contribution in [-0.4, -0.2) is 34.1 Å². The maximum absolute atomic E-state index is 13.5. The predicted molar refractivity (Wildman–Crippen MR) is 141 cm³/mol. The van der Waals surface area contributed by atoms with Gasteiger partial charge in [-0.15, -0.1) is 0 Å². The lowest BCUT2D eigenvalue weighted by atomic mass is 9.96. The molecule has 3 aromatic carbocycles. The molecule has 0 aromatic heterocycles. The fraction of sp³-hybridized carbons (Fsp3) is 0.321. The number of para-hydroxylation sites is 2. The third-order valence-corrected chi connectivity index (χ3v) is 7.81. The first-order valence-electron chi connectivity index (χ1n) is 12.0. The summed E-state index contributed by atoms with van der Waals surface area (Å²) in [6.07, 6.45) is -0.268. The molecule has 36 heavy (non-hydrogen) atoms. The third kappa shape index (κ3) is 5.99. The molecule has 190 valence electrons. The maximum atomic E-state index is 13.5. The summed E-state index contributed by atoms with van der Waals surface area (Å²) in [4.78, 5) is 13.4. The van der Waals surface area contributed by atoms with Crippen molar-refractivity contribution in [1.82, 2.24) is 5.32 Å². The maximum Gasteiger partial charge on any atom is 0.263 e.